The molecule has 1 fully saturated rings. The van der Waals surface area contributed by atoms with E-state index in [1.165, 1.54) is 0 Å². The minimum absolute atomic E-state index is 0.0471. The molecule has 2 rings (SSSR count). The van der Waals surface area contributed by atoms with E-state index < -0.39 is 0 Å². The van der Waals surface area contributed by atoms with E-state index in [4.69, 9.17) is 16.3 Å². The molecule has 0 aromatic carbocycles. The fourth-order valence-electron chi connectivity index (χ4n) is 1.77. The Bertz CT molecular complexity index is 352. The number of ether oxygens (including phenoxy) is 1. The maximum absolute atomic E-state index is 5.82. The Labute approximate surface area is 94.2 Å². The van der Waals surface area contributed by atoms with Gasteiger partial charge in [0.25, 0.3) is 0 Å². The molecule has 15 heavy (non-hydrogen) atoms. The third-order valence-corrected chi connectivity index (χ3v) is 3.04. The predicted molar refractivity (Wildman–Crippen MR) is 59.2 cm³/mol. The third kappa shape index (κ3) is 1.92. The molecule has 1 aromatic heterocycles. The minimum Gasteiger partial charge on any atom is -0.375 e. The molecule has 0 bridgehead atoms. The van der Waals surface area contributed by atoms with Crippen LogP contribution >= 0.6 is 11.6 Å². The summed E-state index contributed by atoms with van der Waals surface area (Å²) in [6, 6.07) is 0. The van der Waals surface area contributed by atoms with Crippen LogP contribution in [0.2, 0.25) is 0 Å². The molecule has 0 amide bonds. The van der Waals surface area contributed by atoms with E-state index in [0.717, 1.165) is 24.5 Å². The van der Waals surface area contributed by atoms with Gasteiger partial charge in [-0.15, -0.1) is 11.6 Å². The largest absolute Gasteiger partial charge is 0.375 e. The predicted octanol–water partition coefficient (Wildman–Crippen LogP) is 1.44. The van der Waals surface area contributed by atoms with Crippen molar-refractivity contribution in [2.75, 3.05) is 25.1 Å². The van der Waals surface area contributed by atoms with Gasteiger partial charge in [-0.3, -0.25) is 0 Å². The maximum atomic E-state index is 5.82. The normalized spacial score (nSPS) is 18.7. The standard InChI is InChI=1S/C10H14ClN3O/c1-10(15-2)5-14(6-10)9-8(3-11)4-12-7-13-9/h4,7H,3,5-6H2,1-2H3. The van der Waals surface area contributed by atoms with E-state index >= 15 is 0 Å². The van der Waals surface area contributed by atoms with Gasteiger partial charge in [0.2, 0.25) is 0 Å². The van der Waals surface area contributed by atoms with E-state index in [9.17, 15) is 0 Å². The van der Waals surface area contributed by atoms with Crippen LogP contribution in [0.1, 0.15) is 12.5 Å². The number of anilines is 1. The molecule has 82 valence electrons. The van der Waals surface area contributed by atoms with Crippen LogP contribution in [0.25, 0.3) is 0 Å². The van der Waals surface area contributed by atoms with Crippen LogP contribution in [-0.2, 0) is 10.6 Å². The lowest BCUT2D eigenvalue weighted by atomic mass is 9.96. The number of aromatic nitrogens is 2. The Morgan fingerprint density at radius 1 is 1.60 bits per heavy atom. The monoisotopic (exact) mass is 227 g/mol. The highest BCUT2D eigenvalue weighted by Gasteiger charge is 2.40. The molecule has 0 unspecified atom stereocenters. The molecule has 2 heterocycles. The average molecular weight is 228 g/mol. The highest BCUT2D eigenvalue weighted by atomic mass is 35.5. The van der Waals surface area contributed by atoms with E-state index in [0.29, 0.717) is 5.88 Å². The van der Waals surface area contributed by atoms with Crippen LogP contribution in [0.5, 0.6) is 0 Å². The summed E-state index contributed by atoms with van der Waals surface area (Å²) >= 11 is 5.82. The summed E-state index contributed by atoms with van der Waals surface area (Å²) < 4.78 is 5.38. The van der Waals surface area contributed by atoms with Gasteiger partial charge in [-0.1, -0.05) is 0 Å². The zero-order valence-electron chi connectivity index (χ0n) is 8.90. The van der Waals surface area contributed by atoms with Crippen LogP contribution in [-0.4, -0.2) is 35.8 Å². The van der Waals surface area contributed by atoms with Crippen LogP contribution in [0.3, 0.4) is 0 Å². The molecule has 5 heteroatoms. The van der Waals surface area contributed by atoms with E-state index in [-0.39, 0.29) is 5.60 Å². The molecule has 0 atom stereocenters. The highest BCUT2D eigenvalue weighted by Crippen LogP contribution is 2.30. The lowest BCUT2D eigenvalue weighted by molar-refractivity contribution is -0.0172. The summed E-state index contributed by atoms with van der Waals surface area (Å²) in [5.41, 5.74) is 0.923. The first-order valence-corrected chi connectivity index (χ1v) is 5.37. The van der Waals surface area contributed by atoms with Gasteiger partial charge >= 0.3 is 0 Å². The second-order valence-electron chi connectivity index (χ2n) is 4.02. The lowest BCUT2D eigenvalue weighted by Gasteiger charge is -2.47. The number of hydrogen-bond donors (Lipinski definition) is 0. The molecule has 1 aliphatic rings. The smallest absolute Gasteiger partial charge is 0.136 e. The topological polar surface area (TPSA) is 38.2 Å². The summed E-state index contributed by atoms with van der Waals surface area (Å²) in [5, 5.41) is 0. The van der Waals surface area contributed by atoms with Gasteiger partial charge in [0, 0.05) is 32.0 Å². The van der Waals surface area contributed by atoms with Crippen molar-refractivity contribution in [3.63, 3.8) is 0 Å². The summed E-state index contributed by atoms with van der Waals surface area (Å²) in [4.78, 5) is 10.4. The first-order valence-electron chi connectivity index (χ1n) is 4.83. The van der Waals surface area contributed by atoms with Gasteiger partial charge in [-0.05, 0) is 6.92 Å². The molecular weight excluding hydrogens is 214 g/mol. The Morgan fingerprint density at radius 2 is 2.33 bits per heavy atom. The Hall–Kier alpha value is -0.870. The molecule has 0 N–H and O–H groups in total. The van der Waals surface area contributed by atoms with Crippen LogP contribution in [0.4, 0.5) is 5.82 Å². The number of halogens is 1. The van der Waals surface area contributed by atoms with Crippen molar-refractivity contribution in [1.82, 2.24) is 9.97 Å². The van der Waals surface area contributed by atoms with Crippen molar-refractivity contribution < 1.29 is 4.74 Å². The van der Waals surface area contributed by atoms with Crippen molar-refractivity contribution in [3.8, 4) is 0 Å². The molecule has 0 aliphatic carbocycles. The summed E-state index contributed by atoms with van der Waals surface area (Å²) in [6.45, 7) is 3.79. The second-order valence-corrected chi connectivity index (χ2v) is 4.28. The van der Waals surface area contributed by atoms with Gasteiger partial charge in [-0.25, -0.2) is 9.97 Å². The molecular formula is C10H14ClN3O. The van der Waals surface area contributed by atoms with Gasteiger partial charge in [0.15, 0.2) is 0 Å². The fraction of sp³-hybridized carbons (Fsp3) is 0.600. The Morgan fingerprint density at radius 3 is 2.93 bits per heavy atom. The molecule has 1 saturated heterocycles. The average Bonchev–Trinajstić information content (AvgIpc) is 2.25. The van der Waals surface area contributed by atoms with Crippen LogP contribution < -0.4 is 4.90 Å². The van der Waals surface area contributed by atoms with Crippen molar-refractivity contribution in [2.24, 2.45) is 0 Å². The Balaban J connectivity index is 2.13. The number of rotatable bonds is 3. The van der Waals surface area contributed by atoms with E-state index in [1.807, 2.05) is 0 Å². The number of methoxy groups -OCH3 is 1. The molecule has 1 aliphatic heterocycles. The molecule has 4 nitrogen and oxygen atoms in total. The molecule has 1 aromatic rings. The zero-order valence-corrected chi connectivity index (χ0v) is 9.66. The third-order valence-electron chi connectivity index (χ3n) is 2.75. The van der Waals surface area contributed by atoms with Crippen molar-refractivity contribution in [2.45, 2.75) is 18.4 Å². The van der Waals surface area contributed by atoms with Gasteiger partial charge < -0.3 is 9.64 Å². The van der Waals surface area contributed by atoms with Gasteiger partial charge in [0.05, 0.1) is 11.5 Å². The van der Waals surface area contributed by atoms with E-state index in [1.54, 1.807) is 19.6 Å². The fourth-order valence-corrected chi connectivity index (χ4v) is 1.96. The zero-order chi connectivity index (χ0) is 10.9. The molecule has 0 radical (unpaired) electrons. The van der Waals surface area contributed by atoms with Crippen LogP contribution in [0, 0.1) is 0 Å². The number of alkyl halides is 1. The number of hydrogen-bond acceptors (Lipinski definition) is 4. The summed E-state index contributed by atoms with van der Waals surface area (Å²) in [5.74, 6) is 1.37. The highest BCUT2D eigenvalue weighted by molar-refractivity contribution is 6.17. The van der Waals surface area contributed by atoms with E-state index in [2.05, 4.69) is 21.8 Å². The number of nitrogens with zero attached hydrogens (tertiary/aromatic N) is 3. The van der Waals surface area contributed by atoms with Crippen molar-refractivity contribution >= 4 is 17.4 Å². The summed E-state index contributed by atoms with van der Waals surface area (Å²) in [6.07, 6.45) is 3.31. The van der Waals surface area contributed by atoms with Crippen molar-refractivity contribution in [3.05, 3.63) is 18.1 Å². The quantitative estimate of drug-likeness (QED) is 0.733. The first kappa shape index (κ1) is 10.6. The lowest BCUT2D eigenvalue weighted by Crippen LogP contribution is -2.61. The minimum atomic E-state index is -0.0471. The Kier molecular flexibility index (Phi) is 2.80. The van der Waals surface area contributed by atoms with Gasteiger partial charge in [0.1, 0.15) is 12.1 Å². The molecule has 0 saturated carbocycles. The SMILES string of the molecule is COC1(C)CN(c2ncncc2CCl)C1. The second kappa shape index (κ2) is 3.94. The maximum Gasteiger partial charge on any atom is 0.136 e. The first-order chi connectivity index (χ1) is 7.18. The summed E-state index contributed by atoms with van der Waals surface area (Å²) in [7, 11) is 1.74. The van der Waals surface area contributed by atoms with Crippen LogP contribution in [0.15, 0.2) is 12.5 Å². The molecule has 0 spiro atoms. The van der Waals surface area contributed by atoms with Gasteiger partial charge in [-0.2, -0.15) is 0 Å². The van der Waals surface area contributed by atoms with Crippen molar-refractivity contribution in [1.29, 1.82) is 0 Å².